The van der Waals surface area contributed by atoms with E-state index in [0.717, 1.165) is 13.0 Å². The molecule has 0 aliphatic carbocycles. The number of amides is 1. The van der Waals surface area contributed by atoms with E-state index in [1.54, 1.807) is 3.93 Å². The maximum Gasteiger partial charge on any atom is 0.232 e. The second kappa shape index (κ2) is 1.82. The van der Waals surface area contributed by atoms with Gasteiger partial charge in [0.2, 0.25) is 5.91 Å². The van der Waals surface area contributed by atoms with Crippen molar-refractivity contribution in [2.45, 2.75) is 12.8 Å². The molecule has 0 aromatic rings. The lowest BCUT2D eigenvalue weighted by molar-refractivity contribution is -0.123. The van der Waals surface area contributed by atoms with Crippen LogP contribution in [0, 0.1) is 0 Å². The molecule has 0 atom stereocenters. The number of carbonyl (C=O) groups excluding carboxylic acids is 1. The molecule has 0 aromatic heterocycles. The minimum atomic E-state index is 0.208. The maximum absolute atomic E-state index is 10.5. The maximum atomic E-state index is 10.5. The zero-order valence-electron chi connectivity index (χ0n) is 3.85. The van der Waals surface area contributed by atoms with Crippen LogP contribution in [0.2, 0.25) is 0 Å². The highest BCUT2D eigenvalue weighted by Crippen LogP contribution is 2.12. The van der Waals surface area contributed by atoms with Gasteiger partial charge in [0.25, 0.3) is 0 Å². The third-order valence-electron chi connectivity index (χ3n) is 1.02. The Morgan fingerprint density at radius 2 is 2.43 bits per heavy atom. The molecular weight excluding hydrogens is 158 g/mol. The van der Waals surface area contributed by atoms with Crippen LogP contribution in [0.15, 0.2) is 0 Å². The fraction of sp³-hybridized carbons (Fsp3) is 0.750. The van der Waals surface area contributed by atoms with Crippen molar-refractivity contribution in [3.05, 3.63) is 0 Å². The third-order valence-corrected chi connectivity index (χ3v) is 1.77. The van der Waals surface area contributed by atoms with Crippen LogP contribution in [-0.2, 0) is 4.79 Å². The summed E-state index contributed by atoms with van der Waals surface area (Å²) in [6.07, 6.45) is 1.72. The predicted molar refractivity (Wildman–Crippen MR) is 29.9 cm³/mol. The molecule has 1 aliphatic heterocycles. The van der Waals surface area contributed by atoms with Crippen LogP contribution in [0.1, 0.15) is 12.8 Å². The van der Waals surface area contributed by atoms with Gasteiger partial charge in [0.05, 0.1) is 16.1 Å². The minimum Gasteiger partial charge on any atom is -0.279 e. The lowest BCUT2D eigenvalue weighted by Gasteiger charge is -1.99. The molecule has 1 saturated heterocycles. The summed E-state index contributed by atoms with van der Waals surface area (Å²) in [5.74, 6) is 0.208. The third kappa shape index (κ3) is 0.938. The van der Waals surface area contributed by atoms with Crippen molar-refractivity contribution in [3.8, 4) is 0 Å². The Hall–Kier alpha value is -0.0500. The molecule has 0 radical (unpaired) electrons. The average Bonchev–Trinajstić information content (AvgIpc) is 1.91. The van der Waals surface area contributed by atoms with Gasteiger partial charge in [0, 0.05) is 13.0 Å². The van der Waals surface area contributed by atoms with E-state index in [-0.39, 0.29) is 5.91 Å². The Morgan fingerprint density at radius 3 is 2.57 bits per heavy atom. The van der Waals surface area contributed by atoms with Gasteiger partial charge in [0.1, 0.15) is 0 Å². The van der Waals surface area contributed by atoms with Crippen LogP contribution in [-0.4, -0.2) is 16.4 Å². The summed E-state index contributed by atoms with van der Waals surface area (Å²) >= 11 is 3.09. The zero-order chi connectivity index (χ0) is 5.28. The molecule has 2 nitrogen and oxygen atoms in total. The van der Waals surface area contributed by atoms with Gasteiger partial charge in [0.15, 0.2) is 0 Å². The van der Waals surface area contributed by atoms with E-state index in [0.29, 0.717) is 6.42 Å². The number of carbonyl (C=O) groups is 1. The molecule has 0 saturated carbocycles. The van der Waals surface area contributed by atoms with Crippen LogP contribution < -0.4 is 0 Å². The van der Waals surface area contributed by atoms with Crippen molar-refractivity contribution in [2.24, 2.45) is 0 Å². The lowest BCUT2D eigenvalue weighted by Crippen LogP contribution is -2.10. The van der Waals surface area contributed by atoms with Crippen molar-refractivity contribution in [1.29, 1.82) is 0 Å². The summed E-state index contributed by atoms with van der Waals surface area (Å²) in [5.41, 5.74) is 0. The first-order valence-corrected chi connectivity index (χ1v) is 2.98. The van der Waals surface area contributed by atoms with Crippen molar-refractivity contribution in [2.75, 3.05) is 6.54 Å². The fourth-order valence-corrected chi connectivity index (χ4v) is 1.04. The number of hydrogen-bond acceptors (Lipinski definition) is 1. The van der Waals surface area contributed by atoms with Gasteiger partial charge < -0.3 is 0 Å². The first-order valence-electron chi connectivity index (χ1n) is 2.27. The smallest absolute Gasteiger partial charge is 0.232 e. The number of halogens is 1. The number of rotatable bonds is 0. The number of hydrogen-bond donors (Lipinski definition) is 0. The predicted octanol–water partition coefficient (Wildman–Crippen LogP) is 0.919. The highest BCUT2D eigenvalue weighted by Gasteiger charge is 2.16. The van der Waals surface area contributed by atoms with Crippen LogP contribution in [0.4, 0.5) is 0 Å². The van der Waals surface area contributed by atoms with E-state index in [1.807, 2.05) is 0 Å². The summed E-state index contributed by atoms with van der Waals surface area (Å²) in [6.45, 7) is 0.874. The molecule has 1 aliphatic rings. The molecule has 3 heteroatoms. The van der Waals surface area contributed by atoms with Gasteiger partial charge >= 0.3 is 0 Å². The second-order valence-corrected chi connectivity index (χ2v) is 2.44. The molecular formula is C4H6BrNO. The highest BCUT2D eigenvalue weighted by molar-refractivity contribution is 9.07. The molecule has 40 valence electrons. The molecule has 0 unspecified atom stereocenters. The second-order valence-electron chi connectivity index (χ2n) is 1.58. The summed E-state index contributed by atoms with van der Waals surface area (Å²) < 4.78 is 1.58. The molecule has 1 rings (SSSR count). The minimum absolute atomic E-state index is 0.208. The van der Waals surface area contributed by atoms with E-state index < -0.39 is 0 Å². The first kappa shape index (κ1) is 5.09. The summed E-state index contributed by atoms with van der Waals surface area (Å²) in [7, 11) is 0. The van der Waals surface area contributed by atoms with Gasteiger partial charge in [-0.3, -0.25) is 8.72 Å². The summed E-state index contributed by atoms with van der Waals surface area (Å²) in [4.78, 5) is 10.5. The fourth-order valence-electron chi connectivity index (χ4n) is 0.615. The van der Waals surface area contributed by atoms with Gasteiger partial charge in [-0.1, -0.05) is 0 Å². The Kier molecular flexibility index (Phi) is 1.32. The van der Waals surface area contributed by atoms with Crippen molar-refractivity contribution < 1.29 is 4.79 Å². The summed E-state index contributed by atoms with van der Waals surface area (Å²) in [5, 5.41) is 0. The largest absolute Gasteiger partial charge is 0.279 e. The highest BCUT2D eigenvalue weighted by atomic mass is 79.9. The molecule has 1 fully saturated rings. The van der Waals surface area contributed by atoms with Crippen LogP contribution in [0.5, 0.6) is 0 Å². The van der Waals surface area contributed by atoms with Crippen molar-refractivity contribution in [3.63, 3.8) is 0 Å². The van der Waals surface area contributed by atoms with Gasteiger partial charge in [-0.2, -0.15) is 0 Å². The normalized spacial score (nSPS) is 21.3. The molecule has 7 heavy (non-hydrogen) atoms. The Labute approximate surface area is 50.8 Å². The Balaban J connectivity index is 2.48. The van der Waals surface area contributed by atoms with Crippen molar-refractivity contribution >= 4 is 22.1 Å². The van der Waals surface area contributed by atoms with E-state index >= 15 is 0 Å². The van der Waals surface area contributed by atoms with Gasteiger partial charge in [-0.25, -0.2) is 0 Å². The molecule has 0 spiro atoms. The Morgan fingerprint density at radius 1 is 1.71 bits per heavy atom. The van der Waals surface area contributed by atoms with Crippen molar-refractivity contribution in [1.82, 2.24) is 3.93 Å². The standard InChI is InChI=1S/C4H6BrNO/c5-6-3-1-2-4(6)7/h1-3H2. The van der Waals surface area contributed by atoms with E-state index in [1.165, 1.54) is 0 Å². The topological polar surface area (TPSA) is 20.3 Å². The zero-order valence-corrected chi connectivity index (χ0v) is 5.44. The SMILES string of the molecule is O=C1CCCN1Br. The van der Waals surface area contributed by atoms with E-state index in [9.17, 15) is 4.79 Å². The van der Waals surface area contributed by atoms with Gasteiger partial charge in [-0.15, -0.1) is 0 Å². The van der Waals surface area contributed by atoms with E-state index in [4.69, 9.17) is 0 Å². The molecule has 0 bridgehead atoms. The quantitative estimate of drug-likeness (QED) is 0.487. The lowest BCUT2D eigenvalue weighted by atomic mass is 10.4. The average molecular weight is 164 g/mol. The molecule has 0 N–H and O–H groups in total. The van der Waals surface area contributed by atoms with Crippen LogP contribution in [0.25, 0.3) is 0 Å². The van der Waals surface area contributed by atoms with E-state index in [2.05, 4.69) is 16.1 Å². The van der Waals surface area contributed by atoms with Gasteiger partial charge in [-0.05, 0) is 6.42 Å². The molecule has 1 heterocycles. The first-order chi connectivity index (χ1) is 3.30. The summed E-state index contributed by atoms with van der Waals surface area (Å²) in [6, 6.07) is 0. The van der Waals surface area contributed by atoms with Crippen LogP contribution >= 0.6 is 16.1 Å². The molecule has 0 aromatic carbocycles. The Bertz CT molecular complexity index is 93.7. The monoisotopic (exact) mass is 163 g/mol. The number of nitrogens with zero attached hydrogens (tertiary/aromatic N) is 1. The molecule has 1 amide bonds. The van der Waals surface area contributed by atoms with Crippen LogP contribution in [0.3, 0.4) is 0 Å².